The maximum Gasteiger partial charge on any atom is 0.416 e. The van der Waals surface area contributed by atoms with E-state index in [0.29, 0.717) is 36.7 Å². The van der Waals surface area contributed by atoms with Gasteiger partial charge in [0.1, 0.15) is 5.75 Å². The molecule has 1 heterocycles. The number of aliphatic hydroxyl groups is 1. The Labute approximate surface area is 195 Å². The number of piperidine rings is 1. The molecule has 3 rings (SSSR count). The van der Waals surface area contributed by atoms with E-state index in [1.807, 2.05) is 4.90 Å². The number of para-hydroxylation sites is 1. The third-order valence-corrected chi connectivity index (χ3v) is 6.51. The minimum Gasteiger partial charge on any atom is -0.496 e. The quantitative estimate of drug-likeness (QED) is 0.478. The molecular weight excluding hydrogens is 460 g/mol. The molecule has 187 valence electrons. The summed E-state index contributed by atoms with van der Waals surface area (Å²) in [6.07, 6.45) is -7.90. The van der Waals surface area contributed by atoms with E-state index in [1.54, 1.807) is 24.3 Å². The summed E-state index contributed by atoms with van der Waals surface area (Å²) in [5.41, 5.74) is -3.38. The molecule has 0 aliphatic carbocycles. The van der Waals surface area contributed by atoms with Crippen molar-refractivity contribution in [3.05, 3.63) is 71.6 Å². The molecule has 1 N–H and O–H groups in total. The Kier molecular flexibility index (Phi) is 7.87. The van der Waals surface area contributed by atoms with E-state index in [2.05, 4.69) is 6.92 Å². The summed E-state index contributed by atoms with van der Waals surface area (Å²) in [7, 11) is 1.46. The largest absolute Gasteiger partial charge is 0.496 e. The van der Waals surface area contributed by atoms with Crippen molar-refractivity contribution in [2.75, 3.05) is 26.8 Å². The number of likely N-dealkylation sites (tertiary alicyclic amines) is 1. The van der Waals surface area contributed by atoms with Crippen LogP contribution in [0.4, 0.5) is 26.3 Å². The number of benzene rings is 2. The molecular formula is C25H28F6NO2. The smallest absolute Gasteiger partial charge is 0.416 e. The zero-order valence-corrected chi connectivity index (χ0v) is 18.8. The topological polar surface area (TPSA) is 32.7 Å². The van der Waals surface area contributed by atoms with E-state index >= 15 is 0 Å². The molecule has 1 atom stereocenters. The van der Waals surface area contributed by atoms with Gasteiger partial charge >= 0.3 is 12.4 Å². The SMILES string of the molecule is [CH2]C(Cc1cc(C(F)(F)F)cc(C(F)(F)F)c1)(c1ccccc1OC)N1CCC(CCO)CC1. The molecule has 9 heteroatoms. The van der Waals surface area contributed by atoms with E-state index in [4.69, 9.17) is 4.74 Å². The minimum absolute atomic E-state index is 0.0666. The van der Waals surface area contributed by atoms with Crippen molar-refractivity contribution >= 4 is 0 Å². The normalized spacial score (nSPS) is 18.0. The number of rotatable bonds is 7. The summed E-state index contributed by atoms with van der Waals surface area (Å²) in [4.78, 5) is 1.99. The highest BCUT2D eigenvalue weighted by Gasteiger charge is 2.41. The lowest BCUT2D eigenvalue weighted by molar-refractivity contribution is -0.143. The van der Waals surface area contributed by atoms with Crippen LogP contribution < -0.4 is 4.74 Å². The van der Waals surface area contributed by atoms with Gasteiger partial charge in [-0.05, 0) is 81.4 Å². The van der Waals surface area contributed by atoms with Crippen LogP contribution in [0.5, 0.6) is 5.75 Å². The molecule has 1 saturated heterocycles. The van der Waals surface area contributed by atoms with Gasteiger partial charge in [-0.15, -0.1) is 0 Å². The Morgan fingerprint density at radius 3 is 2.03 bits per heavy atom. The first-order valence-corrected chi connectivity index (χ1v) is 11.0. The van der Waals surface area contributed by atoms with Gasteiger partial charge in [0, 0.05) is 12.2 Å². The molecule has 1 aliphatic rings. The Bertz CT molecular complexity index is 934. The van der Waals surface area contributed by atoms with Crippen LogP contribution in [-0.4, -0.2) is 36.8 Å². The van der Waals surface area contributed by atoms with Gasteiger partial charge in [0.25, 0.3) is 0 Å². The molecule has 1 aliphatic heterocycles. The number of halogens is 6. The molecule has 0 spiro atoms. The van der Waals surface area contributed by atoms with Gasteiger partial charge in [0.05, 0.1) is 23.8 Å². The van der Waals surface area contributed by atoms with E-state index in [1.165, 1.54) is 7.11 Å². The highest BCUT2D eigenvalue weighted by Crippen LogP contribution is 2.42. The molecule has 1 radical (unpaired) electrons. The number of alkyl halides is 6. The monoisotopic (exact) mass is 488 g/mol. The number of nitrogens with zero attached hydrogens (tertiary/aromatic N) is 1. The molecule has 2 aromatic rings. The summed E-state index contributed by atoms with van der Waals surface area (Å²) < 4.78 is 86.2. The lowest BCUT2D eigenvalue weighted by atomic mass is 9.80. The fraction of sp³-hybridized carbons (Fsp3) is 0.480. The lowest BCUT2D eigenvalue weighted by Crippen LogP contribution is -2.50. The van der Waals surface area contributed by atoms with Gasteiger partial charge in [-0.25, -0.2) is 0 Å². The predicted molar refractivity (Wildman–Crippen MR) is 116 cm³/mol. The maximum absolute atomic E-state index is 13.4. The van der Waals surface area contributed by atoms with Crippen LogP contribution in [0.3, 0.4) is 0 Å². The lowest BCUT2D eigenvalue weighted by Gasteiger charge is -2.46. The first kappa shape index (κ1) is 26.3. The standard InChI is InChI=1S/C25H28F6NO2/c1-23(21-5-3-4-6-22(21)34-2,32-10-7-17(8-11-32)9-12-33)16-18-13-19(24(26,27)28)15-20(14-18)25(29,30)31/h3-6,13-15,17,33H,1,7-12,16H2,2H3. The number of ether oxygens (including phenoxy) is 1. The molecule has 0 bridgehead atoms. The third kappa shape index (κ3) is 5.86. The minimum atomic E-state index is -4.92. The van der Waals surface area contributed by atoms with E-state index in [-0.39, 0.29) is 24.7 Å². The zero-order chi connectivity index (χ0) is 25.1. The van der Waals surface area contributed by atoms with Gasteiger partial charge in [0.2, 0.25) is 0 Å². The van der Waals surface area contributed by atoms with E-state index in [0.717, 1.165) is 25.0 Å². The highest BCUT2D eigenvalue weighted by atomic mass is 19.4. The van der Waals surface area contributed by atoms with Crippen LogP contribution in [0.25, 0.3) is 0 Å². The fourth-order valence-electron chi connectivity index (χ4n) is 4.70. The second kappa shape index (κ2) is 10.2. The van der Waals surface area contributed by atoms with Gasteiger partial charge < -0.3 is 9.84 Å². The Balaban J connectivity index is 2.08. The molecule has 1 unspecified atom stereocenters. The average Bonchev–Trinajstić information content (AvgIpc) is 2.78. The number of aliphatic hydroxyl groups excluding tert-OH is 1. The molecule has 1 fully saturated rings. The third-order valence-electron chi connectivity index (χ3n) is 6.51. The van der Waals surface area contributed by atoms with Gasteiger partial charge in [-0.3, -0.25) is 4.90 Å². The van der Waals surface area contributed by atoms with Crippen LogP contribution in [0, 0.1) is 12.8 Å². The van der Waals surface area contributed by atoms with Crippen molar-refractivity contribution in [3.8, 4) is 5.75 Å². The molecule has 0 aromatic heterocycles. The van der Waals surface area contributed by atoms with Gasteiger partial charge in [-0.1, -0.05) is 18.2 Å². The van der Waals surface area contributed by atoms with Crippen molar-refractivity contribution in [1.82, 2.24) is 4.90 Å². The second-order valence-electron chi connectivity index (χ2n) is 8.77. The molecule has 0 saturated carbocycles. The molecule has 34 heavy (non-hydrogen) atoms. The van der Waals surface area contributed by atoms with Crippen molar-refractivity contribution in [2.45, 2.75) is 43.6 Å². The van der Waals surface area contributed by atoms with Crippen molar-refractivity contribution < 1.29 is 36.2 Å². The summed E-state index contributed by atoms with van der Waals surface area (Å²) in [5.74, 6) is 0.756. The Morgan fingerprint density at radius 2 is 1.53 bits per heavy atom. The highest BCUT2D eigenvalue weighted by molar-refractivity contribution is 5.43. The van der Waals surface area contributed by atoms with E-state index < -0.39 is 29.0 Å². The molecule has 2 aromatic carbocycles. The van der Waals surface area contributed by atoms with Crippen LogP contribution in [0.1, 0.15) is 41.5 Å². The summed E-state index contributed by atoms with van der Waals surface area (Å²) in [6.45, 7) is 5.50. The summed E-state index contributed by atoms with van der Waals surface area (Å²) in [5, 5.41) is 9.24. The first-order chi connectivity index (χ1) is 15.9. The van der Waals surface area contributed by atoms with Crippen molar-refractivity contribution in [3.63, 3.8) is 0 Å². The van der Waals surface area contributed by atoms with E-state index in [9.17, 15) is 31.4 Å². The maximum atomic E-state index is 13.4. The molecule has 0 amide bonds. The Hall–Kier alpha value is -2.26. The second-order valence-corrected chi connectivity index (χ2v) is 8.77. The van der Waals surface area contributed by atoms with Crippen LogP contribution in [-0.2, 0) is 24.3 Å². The first-order valence-electron chi connectivity index (χ1n) is 11.0. The van der Waals surface area contributed by atoms with Crippen LogP contribution in [0.2, 0.25) is 0 Å². The van der Waals surface area contributed by atoms with Crippen LogP contribution >= 0.6 is 0 Å². The summed E-state index contributed by atoms with van der Waals surface area (Å²) in [6, 6.07) is 8.58. The van der Waals surface area contributed by atoms with Crippen LogP contribution in [0.15, 0.2) is 42.5 Å². The number of hydrogen-bond acceptors (Lipinski definition) is 3. The van der Waals surface area contributed by atoms with Crippen molar-refractivity contribution in [2.24, 2.45) is 5.92 Å². The van der Waals surface area contributed by atoms with Gasteiger partial charge in [-0.2, -0.15) is 26.3 Å². The Morgan fingerprint density at radius 1 is 0.971 bits per heavy atom. The number of hydrogen-bond donors (Lipinski definition) is 1. The predicted octanol–water partition coefficient (Wildman–Crippen LogP) is 6.10. The van der Waals surface area contributed by atoms with Gasteiger partial charge in [0.15, 0.2) is 0 Å². The average molecular weight is 488 g/mol. The summed E-state index contributed by atoms with van der Waals surface area (Å²) >= 11 is 0. The van der Waals surface area contributed by atoms with Crippen molar-refractivity contribution in [1.29, 1.82) is 0 Å². The number of methoxy groups -OCH3 is 1. The fourth-order valence-corrected chi connectivity index (χ4v) is 4.70. The molecule has 3 nitrogen and oxygen atoms in total. The zero-order valence-electron chi connectivity index (χ0n) is 18.8.